The SMILES string of the molecule is N=C(N)c1ccc(CNC(=O)[C@]23C[C@H]2CCN3C(=O)[C@H](Cc2ccccc2)NCC(=O)O)cc1. The van der Waals surface area contributed by atoms with E-state index in [-0.39, 0.29) is 30.1 Å². The van der Waals surface area contributed by atoms with Gasteiger partial charge in [0.1, 0.15) is 11.4 Å². The lowest BCUT2D eigenvalue weighted by Crippen LogP contribution is -2.56. The summed E-state index contributed by atoms with van der Waals surface area (Å²) in [5, 5.41) is 22.4. The van der Waals surface area contributed by atoms with E-state index in [1.807, 2.05) is 42.5 Å². The van der Waals surface area contributed by atoms with Gasteiger partial charge in [0.2, 0.25) is 11.8 Å². The Balaban J connectivity index is 1.45. The Morgan fingerprint density at radius 1 is 1.12 bits per heavy atom. The van der Waals surface area contributed by atoms with Crippen molar-refractivity contribution in [1.29, 1.82) is 5.41 Å². The number of nitrogens with two attached hydrogens (primary N) is 1. The molecule has 1 aliphatic carbocycles. The Hall–Kier alpha value is -3.72. The van der Waals surface area contributed by atoms with Crippen LogP contribution in [0.25, 0.3) is 0 Å². The smallest absolute Gasteiger partial charge is 0.317 e. The van der Waals surface area contributed by atoms with Crippen LogP contribution in [0.15, 0.2) is 54.6 Å². The molecule has 1 aliphatic heterocycles. The second-order valence-electron chi connectivity index (χ2n) is 8.91. The minimum Gasteiger partial charge on any atom is -0.480 e. The first kappa shape index (κ1) is 23.4. The number of aliphatic carboxylic acids is 1. The zero-order chi connectivity index (χ0) is 24.3. The van der Waals surface area contributed by atoms with Gasteiger partial charge in [-0.05, 0) is 36.3 Å². The van der Waals surface area contributed by atoms with Crippen LogP contribution in [0.4, 0.5) is 0 Å². The van der Waals surface area contributed by atoms with E-state index in [1.54, 1.807) is 17.0 Å². The Morgan fingerprint density at radius 3 is 2.44 bits per heavy atom. The predicted molar refractivity (Wildman–Crippen MR) is 126 cm³/mol. The fourth-order valence-corrected chi connectivity index (χ4v) is 4.81. The Bertz CT molecular complexity index is 1090. The van der Waals surface area contributed by atoms with Crippen LogP contribution in [-0.2, 0) is 27.3 Å². The van der Waals surface area contributed by atoms with E-state index in [4.69, 9.17) is 16.2 Å². The maximum Gasteiger partial charge on any atom is 0.317 e. The van der Waals surface area contributed by atoms with Gasteiger partial charge < -0.3 is 21.1 Å². The first-order valence-corrected chi connectivity index (χ1v) is 11.3. The van der Waals surface area contributed by atoms with Crippen LogP contribution < -0.4 is 16.4 Å². The van der Waals surface area contributed by atoms with E-state index >= 15 is 0 Å². The average molecular weight is 464 g/mol. The molecule has 178 valence electrons. The van der Waals surface area contributed by atoms with Gasteiger partial charge in [-0.15, -0.1) is 0 Å². The summed E-state index contributed by atoms with van der Waals surface area (Å²) in [5.74, 6) is -1.37. The number of nitrogens with zero attached hydrogens (tertiary/aromatic N) is 1. The number of nitrogen functional groups attached to an aromatic ring is 1. The quantitative estimate of drug-likeness (QED) is 0.261. The van der Waals surface area contributed by atoms with Crippen molar-refractivity contribution < 1.29 is 19.5 Å². The molecule has 2 aromatic carbocycles. The molecular weight excluding hydrogens is 434 g/mol. The molecule has 0 radical (unpaired) electrons. The van der Waals surface area contributed by atoms with Crippen LogP contribution in [0.1, 0.15) is 29.5 Å². The summed E-state index contributed by atoms with van der Waals surface area (Å²) in [6.45, 7) is 0.443. The van der Waals surface area contributed by atoms with Gasteiger partial charge in [-0.25, -0.2) is 0 Å². The summed E-state index contributed by atoms with van der Waals surface area (Å²) in [6, 6.07) is 15.8. The fraction of sp³-hybridized carbons (Fsp3) is 0.360. The number of rotatable bonds is 10. The highest BCUT2D eigenvalue weighted by Gasteiger charge is 2.68. The fourth-order valence-electron chi connectivity index (χ4n) is 4.81. The molecule has 0 unspecified atom stereocenters. The monoisotopic (exact) mass is 463 g/mol. The molecule has 3 atom stereocenters. The maximum absolute atomic E-state index is 13.5. The molecule has 1 saturated heterocycles. The highest BCUT2D eigenvalue weighted by molar-refractivity contribution is 5.97. The van der Waals surface area contributed by atoms with Crippen molar-refractivity contribution in [1.82, 2.24) is 15.5 Å². The molecule has 2 amide bonds. The maximum atomic E-state index is 13.5. The molecule has 0 spiro atoms. The number of likely N-dealkylation sites (tertiary alicyclic amines) is 1. The van der Waals surface area contributed by atoms with Crippen molar-refractivity contribution in [2.24, 2.45) is 11.7 Å². The second kappa shape index (κ2) is 9.64. The van der Waals surface area contributed by atoms with E-state index < -0.39 is 17.6 Å². The number of carboxylic acids is 1. The number of benzene rings is 2. The summed E-state index contributed by atoms with van der Waals surface area (Å²) in [4.78, 5) is 39.6. The average Bonchev–Trinajstić information content (AvgIpc) is 3.45. The van der Waals surface area contributed by atoms with Crippen LogP contribution in [0.2, 0.25) is 0 Å². The van der Waals surface area contributed by atoms with Crippen LogP contribution >= 0.6 is 0 Å². The number of carbonyl (C=O) groups is 3. The van der Waals surface area contributed by atoms with Gasteiger partial charge in [-0.3, -0.25) is 25.1 Å². The molecule has 9 heteroatoms. The van der Waals surface area contributed by atoms with Crippen molar-refractivity contribution in [3.63, 3.8) is 0 Å². The highest BCUT2D eigenvalue weighted by atomic mass is 16.4. The molecule has 1 saturated carbocycles. The van der Waals surface area contributed by atoms with Crippen molar-refractivity contribution in [2.45, 2.75) is 37.4 Å². The van der Waals surface area contributed by atoms with Crippen LogP contribution in [0.5, 0.6) is 0 Å². The predicted octanol–water partition coefficient (Wildman–Crippen LogP) is 0.863. The number of carboxylic acid groups (broad SMARTS) is 1. The first-order valence-electron chi connectivity index (χ1n) is 11.3. The lowest BCUT2D eigenvalue weighted by atomic mass is 10.0. The zero-order valence-electron chi connectivity index (χ0n) is 18.8. The molecule has 4 rings (SSSR count). The van der Waals surface area contributed by atoms with Crippen molar-refractivity contribution in [2.75, 3.05) is 13.1 Å². The molecule has 6 N–H and O–H groups in total. The third kappa shape index (κ3) is 4.79. The highest BCUT2D eigenvalue weighted by Crippen LogP contribution is 2.56. The molecule has 0 bridgehead atoms. The van der Waals surface area contributed by atoms with E-state index in [0.29, 0.717) is 31.5 Å². The van der Waals surface area contributed by atoms with Gasteiger partial charge in [0.05, 0.1) is 12.6 Å². The lowest BCUT2D eigenvalue weighted by Gasteiger charge is -2.31. The Morgan fingerprint density at radius 2 is 1.82 bits per heavy atom. The number of amides is 2. The molecule has 0 aromatic heterocycles. The number of amidine groups is 1. The number of carbonyl (C=O) groups excluding carboxylic acids is 2. The second-order valence-corrected chi connectivity index (χ2v) is 8.91. The van der Waals surface area contributed by atoms with Gasteiger partial charge in [0.25, 0.3) is 0 Å². The summed E-state index contributed by atoms with van der Waals surface area (Å²) >= 11 is 0. The van der Waals surface area contributed by atoms with Gasteiger partial charge in [-0.2, -0.15) is 0 Å². The topological polar surface area (TPSA) is 149 Å². The van der Waals surface area contributed by atoms with E-state index in [0.717, 1.165) is 17.5 Å². The number of fused-ring (bicyclic) bond motifs is 1. The van der Waals surface area contributed by atoms with Crippen molar-refractivity contribution in [3.05, 3.63) is 71.3 Å². The number of hydrogen-bond donors (Lipinski definition) is 5. The van der Waals surface area contributed by atoms with Gasteiger partial charge in [0, 0.05) is 18.7 Å². The van der Waals surface area contributed by atoms with Crippen LogP contribution in [0.3, 0.4) is 0 Å². The van der Waals surface area contributed by atoms with Crippen LogP contribution in [-0.4, -0.2) is 58.3 Å². The summed E-state index contributed by atoms with van der Waals surface area (Å²) in [7, 11) is 0. The summed E-state index contributed by atoms with van der Waals surface area (Å²) in [5.41, 5.74) is 7.02. The minimum absolute atomic E-state index is 0.0167. The molecule has 34 heavy (non-hydrogen) atoms. The normalized spacial score (nSPS) is 21.4. The first-order chi connectivity index (χ1) is 16.3. The Kier molecular flexibility index (Phi) is 6.65. The minimum atomic E-state index is -1.04. The van der Waals surface area contributed by atoms with Crippen molar-refractivity contribution in [3.8, 4) is 0 Å². The number of hydrogen-bond acceptors (Lipinski definition) is 5. The van der Waals surface area contributed by atoms with Crippen LogP contribution in [0, 0.1) is 11.3 Å². The molecule has 2 fully saturated rings. The standard InChI is InChI=1S/C25H29N5O4/c26-22(27)18-8-6-17(7-9-18)14-29-24(34)25-13-19(25)10-11-30(25)23(33)20(28-15-21(31)32)12-16-4-2-1-3-5-16/h1-9,19-20,28H,10-15H2,(H3,26,27)(H,29,34)(H,31,32)/t19-,20+,25+/m1/s1. The largest absolute Gasteiger partial charge is 0.480 e. The number of nitrogens with one attached hydrogen (secondary N) is 3. The van der Waals surface area contributed by atoms with E-state index in [1.165, 1.54) is 0 Å². The van der Waals surface area contributed by atoms with Crippen molar-refractivity contribution >= 4 is 23.6 Å². The van der Waals surface area contributed by atoms with Gasteiger partial charge >= 0.3 is 5.97 Å². The van der Waals surface area contributed by atoms with Gasteiger partial charge in [0.15, 0.2) is 0 Å². The molecule has 9 nitrogen and oxygen atoms in total. The summed E-state index contributed by atoms with van der Waals surface area (Å²) < 4.78 is 0. The Labute approximate surface area is 197 Å². The van der Waals surface area contributed by atoms with E-state index in [2.05, 4.69) is 10.6 Å². The third-order valence-corrected chi connectivity index (χ3v) is 6.71. The summed E-state index contributed by atoms with van der Waals surface area (Å²) in [6.07, 6.45) is 1.71. The number of piperidine rings is 1. The molecule has 2 aliphatic rings. The lowest BCUT2D eigenvalue weighted by molar-refractivity contribution is -0.143. The third-order valence-electron chi connectivity index (χ3n) is 6.71. The molecule has 1 heterocycles. The molecular formula is C25H29N5O4. The van der Waals surface area contributed by atoms with Gasteiger partial charge in [-0.1, -0.05) is 54.6 Å². The van der Waals surface area contributed by atoms with E-state index in [9.17, 15) is 14.4 Å². The molecule has 2 aromatic rings. The zero-order valence-corrected chi connectivity index (χ0v) is 18.8.